The van der Waals surface area contributed by atoms with Crippen molar-refractivity contribution in [3.63, 3.8) is 0 Å². The molecule has 12 bridgehead atoms. The van der Waals surface area contributed by atoms with Gasteiger partial charge in [-0.05, 0) is 72.8 Å². The van der Waals surface area contributed by atoms with E-state index in [9.17, 15) is 103 Å². The molecule has 0 saturated carbocycles. The number of nitrogens with two attached hydrogens (primary N) is 1. The first-order valence-corrected chi connectivity index (χ1v) is 29.7. The molecule has 1 aliphatic carbocycles. The third kappa shape index (κ3) is 12.3. The van der Waals surface area contributed by atoms with Gasteiger partial charge >= 0.3 is 0 Å². The highest BCUT2D eigenvalue weighted by molar-refractivity contribution is 7.87. The van der Waals surface area contributed by atoms with E-state index in [2.05, 4.69) is 0 Å². The molecule has 402 valence electrons. The maximum atomic E-state index is 12.9. The first-order valence-electron chi connectivity index (χ1n) is 21.0. The summed E-state index contributed by atoms with van der Waals surface area (Å²) in [6.07, 6.45) is -5.29. The van der Waals surface area contributed by atoms with Gasteiger partial charge in [0.05, 0.1) is 29.4 Å². The van der Waals surface area contributed by atoms with E-state index < -0.39 is 220 Å². The predicted octanol–water partition coefficient (Wildman–Crippen LogP) is 2.89. The first-order chi connectivity index (χ1) is 34.4. The van der Waals surface area contributed by atoms with E-state index >= 15 is 0 Å². The average molecular weight is 1160 g/mol. The lowest BCUT2D eigenvalue weighted by Gasteiger charge is -2.20. The zero-order valence-corrected chi connectivity index (χ0v) is 42.7. The smallest absolute Gasteiger partial charge is 0.294 e. The Labute approximate surface area is 427 Å². The number of fused-ring (bicyclic) bond motifs is 12. The Kier molecular flexibility index (Phi) is 14.9. The Hall–Kier alpha value is -6.46. The van der Waals surface area contributed by atoms with Gasteiger partial charge in [-0.15, -0.1) is 0 Å². The number of aromatic hydroxyl groups is 5. The van der Waals surface area contributed by atoms with Crippen molar-refractivity contribution in [3.8, 4) is 34.5 Å². The van der Waals surface area contributed by atoms with Crippen molar-refractivity contribution in [2.24, 2.45) is 5.73 Å². The van der Waals surface area contributed by atoms with Gasteiger partial charge in [0.25, 0.3) is 60.7 Å². The average Bonchev–Trinajstić information content (AvgIpc) is 3.27. The largest absolute Gasteiger partial charge is 0.507 e. The third-order valence-corrected chi connectivity index (χ3v) is 16.8. The molecule has 0 spiro atoms. The summed E-state index contributed by atoms with van der Waals surface area (Å²) >= 11 is 0. The lowest BCUT2D eigenvalue weighted by Crippen LogP contribution is -2.14. The molecule has 0 fully saturated rings. The molecular weight excluding hydrogens is 1120 g/mol. The van der Waals surface area contributed by atoms with Gasteiger partial charge in [0.1, 0.15) is 41.1 Å². The highest BCUT2D eigenvalue weighted by Gasteiger charge is 2.29. The second-order valence-corrected chi connectivity index (χ2v) is 25.6. The van der Waals surface area contributed by atoms with E-state index in [1.165, 1.54) is 0 Å². The van der Waals surface area contributed by atoms with Crippen LogP contribution >= 0.6 is 0 Å². The summed E-state index contributed by atoms with van der Waals surface area (Å²) in [6.45, 7) is -0.652. The van der Waals surface area contributed by atoms with E-state index in [1.807, 2.05) is 0 Å². The Balaban J connectivity index is 1.63. The Morgan fingerprint density at radius 3 is 0.600 bits per heavy atom. The van der Waals surface area contributed by atoms with E-state index in [1.54, 1.807) is 0 Å². The van der Waals surface area contributed by atoms with Crippen molar-refractivity contribution in [2.45, 2.75) is 67.9 Å². The van der Waals surface area contributed by atoms with Crippen LogP contribution in [-0.4, -0.2) is 117 Å². The molecule has 1 aliphatic rings. The molecule has 0 aliphatic heterocycles. The minimum absolute atomic E-state index is 0.255. The number of hydrogen-bond acceptors (Lipinski definition) is 19. The summed E-state index contributed by atoms with van der Waals surface area (Å²) in [5.41, 5.74) is -0.385. The summed E-state index contributed by atoms with van der Waals surface area (Å²) in [5.74, 6) is -4.88. The quantitative estimate of drug-likeness (QED) is 0.0924. The Morgan fingerprint density at radius 2 is 0.453 bits per heavy atom. The first kappa shape index (κ1) is 56.3. The highest BCUT2D eigenvalue weighted by Crippen LogP contribution is 2.42. The van der Waals surface area contributed by atoms with Crippen LogP contribution in [0.5, 0.6) is 34.5 Å². The fourth-order valence-electron chi connectivity index (χ4n) is 8.44. The number of phenols is 5. The van der Waals surface area contributed by atoms with Crippen molar-refractivity contribution in [2.75, 3.05) is 13.2 Å². The van der Waals surface area contributed by atoms with Gasteiger partial charge in [-0.1, -0.05) is 0 Å². The van der Waals surface area contributed by atoms with Crippen molar-refractivity contribution in [3.05, 3.63) is 140 Å². The molecule has 7 rings (SSSR count). The third-order valence-electron chi connectivity index (χ3n) is 11.9. The SMILES string of the molecule is NCCOc1c2cc(S(=O)(=O)O)cc1Cc1cc(S(=O)(=O)O)cc(c1O)Cc1cc(S(=O)(=O)O)cc(c1O)Cc1cc(S(=O)(=O)O)cc(c1O)Cc1cc(S(=O)(=O)O)cc(c1O)Cc1cc(S(=O)(=O)O)cc(c1O)C2. The van der Waals surface area contributed by atoms with E-state index in [-0.39, 0.29) is 23.4 Å². The standard InChI is InChI=1S/C44H41NO24S6/c45-1-2-69-44-31-7-29-17-36(73(60,61)62)15-27(42(29)49)5-25-13-34(71(54,55)56)11-23(40(25)47)3-21-9-33(70(51,52)53)10-22(39(21)46)4-24-12-35(72(57,58)59)14-26(41(24)48)6-28-16-37(74(63,64)65)18-30(43(28)50)8-32(44)20-38(19-31)75(66,67)68/h9-20,46-50H,1-8,45H2,(H,51,52,53)(H,54,55,56)(H,57,58,59)(H,60,61,62)(H,63,64,65)(H,66,67,68). The number of hydrogen-bond donors (Lipinski definition) is 12. The maximum Gasteiger partial charge on any atom is 0.294 e. The lowest BCUT2D eigenvalue weighted by atomic mass is 9.91. The summed E-state index contributed by atoms with van der Waals surface area (Å²) < 4.78 is 220. The lowest BCUT2D eigenvalue weighted by molar-refractivity contribution is 0.321. The maximum absolute atomic E-state index is 12.9. The van der Waals surface area contributed by atoms with Crippen LogP contribution in [0.15, 0.2) is 102 Å². The van der Waals surface area contributed by atoms with Crippen LogP contribution in [0, 0.1) is 0 Å². The topological polar surface area (TPSA) is 463 Å². The highest BCUT2D eigenvalue weighted by atomic mass is 32.2. The van der Waals surface area contributed by atoms with E-state index in [0.717, 1.165) is 12.1 Å². The van der Waals surface area contributed by atoms with Gasteiger partial charge in [0.2, 0.25) is 0 Å². The van der Waals surface area contributed by atoms with Crippen molar-refractivity contribution < 1.29 is 108 Å². The van der Waals surface area contributed by atoms with Gasteiger partial charge in [0.15, 0.2) is 0 Å². The summed E-state index contributed by atoms with van der Waals surface area (Å²) in [5, 5.41) is 58.9. The van der Waals surface area contributed by atoms with Crippen molar-refractivity contribution in [1.29, 1.82) is 0 Å². The van der Waals surface area contributed by atoms with Gasteiger partial charge in [-0.3, -0.25) is 27.3 Å². The number of rotatable bonds is 9. The van der Waals surface area contributed by atoms with Crippen LogP contribution in [0.1, 0.15) is 66.8 Å². The molecule has 0 aromatic heterocycles. The number of benzene rings is 6. The van der Waals surface area contributed by atoms with Gasteiger partial charge < -0.3 is 36.0 Å². The molecule has 75 heavy (non-hydrogen) atoms. The van der Waals surface area contributed by atoms with Crippen LogP contribution in [0.3, 0.4) is 0 Å². The molecule has 0 radical (unpaired) electrons. The molecule has 25 nitrogen and oxygen atoms in total. The fraction of sp³-hybridized carbons (Fsp3) is 0.182. The molecule has 13 N–H and O–H groups in total. The van der Waals surface area contributed by atoms with Gasteiger partial charge in [0, 0.05) is 112 Å². The van der Waals surface area contributed by atoms with E-state index in [0.29, 0.717) is 60.7 Å². The summed E-state index contributed by atoms with van der Waals surface area (Å²) in [4.78, 5) is -5.83. The van der Waals surface area contributed by atoms with Crippen molar-refractivity contribution >= 4 is 60.7 Å². The van der Waals surface area contributed by atoms with Gasteiger partial charge in [-0.2, -0.15) is 50.5 Å². The molecule has 31 heteroatoms. The minimum Gasteiger partial charge on any atom is -0.507 e. The molecule has 0 heterocycles. The van der Waals surface area contributed by atoms with Crippen LogP contribution < -0.4 is 10.5 Å². The molecule has 6 aromatic carbocycles. The molecule has 6 aromatic rings. The second-order valence-electron chi connectivity index (χ2n) is 17.1. The number of ether oxygens (including phenoxy) is 1. The van der Waals surface area contributed by atoms with Crippen LogP contribution in [0.4, 0.5) is 0 Å². The van der Waals surface area contributed by atoms with Gasteiger partial charge in [-0.25, -0.2) is 0 Å². The summed E-state index contributed by atoms with van der Waals surface area (Å²) in [6, 6.07) is 8.31. The molecule has 0 saturated heterocycles. The van der Waals surface area contributed by atoms with Crippen LogP contribution in [0.2, 0.25) is 0 Å². The monoisotopic (exact) mass is 1160 g/mol. The molecule has 0 unspecified atom stereocenters. The molecular formula is C44H41NO24S6. The fourth-order valence-corrected chi connectivity index (χ4v) is 11.9. The summed E-state index contributed by atoms with van der Waals surface area (Å²) in [7, 11) is -31.6. The zero-order chi connectivity index (χ0) is 55.7. The Morgan fingerprint density at radius 1 is 0.307 bits per heavy atom. The minimum atomic E-state index is -5.28. The van der Waals surface area contributed by atoms with Crippen molar-refractivity contribution in [1.82, 2.24) is 0 Å². The molecule has 0 atom stereocenters. The Bertz CT molecular complexity index is 3880. The number of phenolic OH excluding ortho intramolecular Hbond substituents is 5. The zero-order valence-electron chi connectivity index (χ0n) is 37.8. The van der Waals surface area contributed by atoms with Crippen LogP contribution in [0.25, 0.3) is 0 Å². The second kappa shape index (κ2) is 19.9. The van der Waals surface area contributed by atoms with E-state index in [4.69, 9.17) is 10.5 Å². The normalized spacial score (nSPS) is 14.0. The molecule has 0 amide bonds. The predicted molar refractivity (Wildman–Crippen MR) is 257 cm³/mol. The van der Waals surface area contributed by atoms with Crippen LogP contribution in [-0.2, 0) is 99.2 Å².